The average molecular weight is 720 g/mol. The summed E-state index contributed by atoms with van der Waals surface area (Å²) in [7, 11) is -2.31. The smallest absolute Gasteiger partial charge is 0.253 e. The van der Waals surface area contributed by atoms with Crippen LogP contribution in [-0.4, -0.2) is 80.0 Å². The minimum Gasteiger partial charge on any atom is -0.492 e. The van der Waals surface area contributed by atoms with Gasteiger partial charge in [0.2, 0.25) is 16.0 Å². The molecule has 0 aliphatic carbocycles. The van der Waals surface area contributed by atoms with Crippen molar-refractivity contribution in [3.63, 3.8) is 0 Å². The van der Waals surface area contributed by atoms with E-state index in [1.807, 2.05) is 17.9 Å². The van der Waals surface area contributed by atoms with Gasteiger partial charge in [-0.05, 0) is 106 Å². The van der Waals surface area contributed by atoms with Crippen LogP contribution in [0, 0.1) is 3.57 Å². The highest BCUT2D eigenvalue weighted by atomic mass is 127. The lowest BCUT2D eigenvalue weighted by atomic mass is 9.99. The molecule has 2 aliphatic rings. The molecule has 43 heavy (non-hydrogen) atoms. The SMILES string of the molecule is CCOc1cc(C(=O)N2CCC(N3CCCCC3)CC2)ccc1Nc1ncc(I)c(Nc2ccccc2S(=O)(=O)NC)n1. The van der Waals surface area contributed by atoms with Gasteiger partial charge in [-0.15, -0.1) is 0 Å². The van der Waals surface area contributed by atoms with Crippen molar-refractivity contribution in [3.05, 3.63) is 57.8 Å². The van der Waals surface area contributed by atoms with E-state index < -0.39 is 10.0 Å². The summed E-state index contributed by atoms with van der Waals surface area (Å²) in [5.41, 5.74) is 1.59. The van der Waals surface area contributed by atoms with Gasteiger partial charge in [0.1, 0.15) is 16.5 Å². The number of hydrogen-bond acceptors (Lipinski definition) is 9. The lowest BCUT2D eigenvalue weighted by molar-refractivity contribution is 0.0589. The number of rotatable bonds is 10. The van der Waals surface area contributed by atoms with E-state index in [0.29, 0.717) is 44.7 Å². The third-order valence-corrected chi connectivity index (χ3v) is 10.1. The van der Waals surface area contributed by atoms with Gasteiger partial charge in [-0.2, -0.15) is 4.98 Å². The van der Waals surface area contributed by atoms with Gasteiger partial charge in [0.25, 0.3) is 5.91 Å². The van der Waals surface area contributed by atoms with Crippen molar-refractivity contribution >= 4 is 61.7 Å². The molecule has 1 aromatic heterocycles. The van der Waals surface area contributed by atoms with Crippen LogP contribution in [0.25, 0.3) is 0 Å². The van der Waals surface area contributed by atoms with E-state index in [0.717, 1.165) is 25.9 Å². The fourth-order valence-electron chi connectivity index (χ4n) is 5.61. The predicted molar refractivity (Wildman–Crippen MR) is 176 cm³/mol. The number of carbonyl (C=O) groups is 1. The Hall–Kier alpha value is -3.01. The van der Waals surface area contributed by atoms with Crippen molar-refractivity contribution in [2.24, 2.45) is 0 Å². The van der Waals surface area contributed by atoms with Crippen LogP contribution in [-0.2, 0) is 10.0 Å². The van der Waals surface area contributed by atoms with Crippen molar-refractivity contribution in [1.82, 2.24) is 24.5 Å². The third-order valence-electron chi connectivity index (χ3n) is 7.88. The number of aromatic nitrogens is 2. The van der Waals surface area contributed by atoms with Crippen LogP contribution in [0.4, 0.5) is 23.1 Å². The minimum atomic E-state index is -3.68. The van der Waals surface area contributed by atoms with Gasteiger partial charge < -0.3 is 25.2 Å². The molecule has 1 amide bonds. The lowest BCUT2D eigenvalue weighted by Crippen LogP contribution is -2.48. The van der Waals surface area contributed by atoms with Crippen LogP contribution >= 0.6 is 22.6 Å². The molecule has 11 nitrogen and oxygen atoms in total. The maximum Gasteiger partial charge on any atom is 0.253 e. The van der Waals surface area contributed by atoms with Crippen LogP contribution in [0.3, 0.4) is 0 Å². The average Bonchev–Trinajstić information content (AvgIpc) is 3.04. The molecule has 0 unspecified atom stereocenters. The molecule has 3 heterocycles. The summed E-state index contributed by atoms with van der Waals surface area (Å²) < 4.78 is 34.0. The molecular weight excluding hydrogens is 681 g/mol. The van der Waals surface area contributed by atoms with Crippen LogP contribution in [0.1, 0.15) is 49.4 Å². The Kier molecular flexibility index (Phi) is 10.4. The standard InChI is InChI=1S/C30H38IN7O4S/c1-3-42-26-19-21(29(39)38-17-13-22(14-18-38)37-15-7-4-8-16-37)11-12-24(26)35-30-33-20-23(31)28(36-30)34-25-9-5-6-10-27(25)43(40,41)32-2/h5-6,9-12,19-20,22,32H,3-4,7-8,13-18H2,1-2H3,(H2,33,34,35,36). The summed E-state index contributed by atoms with van der Waals surface area (Å²) in [5, 5.41) is 6.33. The van der Waals surface area contributed by atoms with Crippen LogP contribution in [0.5, 0.6) is 5.75 Å². The Morgan fingerprint density at radius 1 is 1.02 bits per heavy atom. The first-order chi connectivity index (χ1) is 20.8. The number of anilines is 4. The zero-order valence-corrected chi connectivity index (χ0v) is 27.4. The Labute approximate surface area is 267 Å². The summed E-state index contributed by atoms with van der Waals surface area (Å²) >= 11 is 2.09. The largest absolute Gasteiger partial charge is 0.492 e. The first-order valence-corrected chi connectivity index (χ1v) is 17.2. The van der Waals surface area contributed by atoms with Gasteiger partial charge in [-0.1, -0.05) is 18.6 Å². The molecule has 0 spiro atoms. The number of sulfonamides is 1. The van der Waals surface area contributed by atoms with Gasteiger partial charge in [-0.3, -0.25) is 4.79 Å². The molecule has 0 radical (unpaired) electrons. The molecule has 5 rings (SSSR count). The van der Waals surface area contributed by atoms with Crippen molar-refractivity contribution in [2.75, 3.05) is 50.5 Å². The summed E-state index contributed by atoms with van der Waals surface area (Å²) in [4.78, 5) is 27.1. The maximum absolute atomic E-state index is 13.4. The molecule has 2 aromatic carbocycles. The van der Waals surface area contributed by atoms with Crippen LogP contribution in [0.15, 0.2) is 53.6 Å². The van der Waals surface area contributed by atoms with E-state index in [1.54, 1.807) is 36.5 Å². The summed E-state index contributed by atoms with van der Waals surface area (Å²) in [6.45, 7) is 6.19. The highest BCUT2D eigenvalue weighted by Gasteiger charge is 2.28. The Bertz CT molecular complexity index is 1540. The topological polar surface area (TPSA) is 129 Å². The van der Waals surface area contributed by atoms with Crippen LogP contribution < -0.4 is 20.1 Å². The molecule has 2 saturated heterocycles. The molecule has 0 atom stereocenters. The number of carbonyl (C=O) groups excluding carboxylic acids is 1. The van der Waals surface area contributed by atoms with E-state index >= 15 is 0 Å². The van der Waals surface area contributed by atoms with Gasteiger partial charge in [0.15, 0.2) is 0 Å². The van der Waals surface area contributed by atoms with Crippen molar-refractivity contribution in [3.8, 4) is 5.75 Å². The predicted octanol–water partition coefficient (Wildman–Crippen LogP) is 4.97. The van der Waals surface area contributed by atoms with E-state index in [-0.39, 0.29) is 16.8 Å². The van der Waals surface area contributed by atoms with Crippen molar-refractivity contribution in [1.29, 1.82) is 0 Å². The zero-order valence-electron chi connectivity index (χ0n) is 24.5. The quantitative estimate of drug-likeness (QED) is 0.249. The molecule has 0 saturated carbocycles. The van der Waals surface area contributed by atoms with E-state index in [1.165, 1.54) is 45.5 Å². The van der Waals surface area contributed by atoms with Crippen LogP contribution in [0.2, 0.25) is 0 Å². The fraction of sp³-hybridized carbons (Fsp3) is 0.433. The van der Waals surface area contributed by atoms with E-state index in [2.05, 4.69) is 52.8 Å². The van der Waals surface area contributed by atoms with Crippen molar-refractivity contribution < 1.29 is 17.9 Å². The first-order valence-electron chi connectivity index (χ1n) is 14.7. The molecule has 13 heteroatoms. The number of likely N-dealkylation sites (tertiary alicyclic amines) is 2. The number of amides is 1. The molecule has 3 N–H and O–H groups in total. The summed E-state index contributed by atoms with van der Waals surface area (Å²) in [5.74, 6) is 1.27. The lowest BCUT2D eigenvalue weighted by Gasteiger charge is -2.40. The molecule has 3 aromatic rings. The highest BCUT2D eigenvalue weighted by molar-refractivity contribution is 14.1. The monoisotopic (exact) mass is 719 g/mol. The summed E-state index contributed by atoms with van der Waals surface area (Å²) in [6.07, 6.45) is 7.54. The normalized spacial score (nSPS) is 16.6. The number of hydrogen-bond donors (Lipinski definition) is 3. The third kappa shape index (κ3) is 7.56. The van der Waals surface area contributed by atoms with Gasteiger partial charge in [0.05, 0.1) is 21.6 Å². The molecule has 2 aliphatic heterocycles. The van der Waals surface area contributed by atoms with Gasteiger partial charge >= 0.3 is 0 Å². The van der Waals surface area contributed by atoms with E-state index in [9.17, 15) is 13.2 Å². The number of piperidine rings is 2. The number of halogens is 1. The van der Waals surface area contributed by atoms with Crippen molar-refractivity contribution in [2.45, 2.75) is 50.0 Å². The van der Waals surface area contributed by atoms with Gasteiger partial charge in [-0.25, -0.2) is 18.1 Å². The second-order valence-corrected chi connectivity index (χ2v) is 13.6. The second kappa shape index (κ2) is 14.2. The number of ether oxygens (including phenoxy) is 1. The number of para-hydroxylation sites is 1. The molecule has 230 valence electrons. The zero-order chi connectivity index (χ0) is 30.4. The first kappa shape index (κ1) is 31.4. The Morgan fingerprint density at radius 3 is 2.49 bits per heavy atom. The summed E-state index contributed by atoms with van der Waals surface area (Å²) in [6, 6.07) is 12.6. The Balaban J connectivity index is 1.30. The number of nitrogens with zero attached hydrogens (tertiary/aromatic N) is 4. The Morgan fingerprint density at radius 2 is 1.77 bits per heavy atom. The number of nitrogens with one attached hydrogen (secondary N) is 3. The maximum atomic E-state index is 13.4. The minimum absolute atomic E-state index is 0.0109. The fourth-order valence-corrected chi connectivity index (χ4v) is 6.89. The number of benzene rings is 2. The van der Waals surface area contributed by atoms with E-state index in [4.69, 9.17) is 4.74 Å². The molecule has 2 fully saturated rings. The second-order valence-electron chi connectivity index (χ2n) is 10.6. The van der Waals surface area contributed by atoms with Gasteiger partial charge in [0, 0.05) is 30.9 Å². The molecular formula is C30H38IN7O4S. The molecule has 0 bridgehead atoms. The highest BCUT2D eigenvalue weighted by Crippen LogP contribution is 2.31.